The van der Waals surface area contributed by atoms with Crippen LogP contribution in [0.1, 0.15) is 114 Å². The lowest BCUT2D eigenvalue weighted by Gasteiger charge is -2.28. The van der Waals surface area contributed by atoms with Gasteiger partial charge in [-0.2, -0.15) is 8.42 Å². The number of nitrogens with two attached hydrogens (primary N) is 2. The van der Waals surface area contributed by atoms with Crippen LogP contribution in [-0.4, -0.2) is 17.5 Å². The van der Waals surface area contributed by atoms with Crippen molar-refractivity contribution in [2.75, 3.05) is 11.5 Å². The minimum atomic E-state index is -4.67. The van der Waals surface area contributed by atoms with E-state index in [-0.39, 0.29) is 0 Å². The lowest BCUT2D eigenvalue weighted by molar-refractivity contribution is 0.308. The van der Waals surface area contributed by atoms with Gasteiger partial charge in [-0.05, 0) is 110 Å². The molecule has 0 radical (unpaired) electrons. The maximum absolute atomic E-state index is 8.74. The van der Waals surface area contributed by atoms with Crippen LogP contribution in [-0.2, 0) is 10.4 Å². The van der Waals surface area contributed by atoms with Gasteiger partial charge in [0.1, 0.15) is 0 Å². The number of rotatable bonds is 6. The van der Waals surface area contributed by atoms with Crippen molar-refractivity contribution < 1.29 is 17.5 Å². The number of benzene rings is 2. The minimum Gasteiger partial charge on any atom is -0.399 e. The summed E-state index contributed by atoms with van der Waals surface area (Å²) in [6.45, 7) is 4.60. The van der Waals surface area contributed by atoms with Gasteiger partial charge in [0.2, 0.25) is 0 Å². The molecule has 0 aromatic heterocycles. The van der Waals surface area contributed by atoms with E-state index in [1.165, 1.54) is 88.2 Å². The molecule has 7 heteroatoms. The molecule has 0 unspecified atom stereocenters. The Kier molecular flexibility index (Phi) is 13.5. The highest BCUT2D eigenvalue weighted by atomic mass is 32.3. The Hall–Kier alpha value is -2.09. The lowest BCUT2D eigenvalue weighted by atomic mass is 9.77. The summed E-state index contributed by atoms with van der Waals surface area (Å²) in [6.07, 6.45) is 16.7. The van der Waals surface area contributed by atoms with Crippen LogP contribution in [0.5, 0.6) is 0 Å². The molecular formula is C30H48N2O4S. The normalized spacial score (nSPS) is 23.7. The van der Waals surface area contributed by atoms with Gasteiger partial charge in [0.15, 0.2) is 0 Å². The third-order valence-electron chi connectivity index (χ3n) is 7.90. The molecule has 2 aromatic rings. The summed E-state index contributed by atoms with van der Waals surface area (Å²) in [5.74, 6) is 3.56. The van der Waals surface area contributed by atoms with Crippen LogP contribution in [0.3, 0.4) is 0 Å². The van der Waals surface area contributed by atoms with Crippen molar-refractivity contribution in [3.8, 4) is 0 Å². The number of hydrogen-bond acceptors (Lipinski definition) is 4. The zero-order valence-corrected chi connectivity index (χ0v) is 23.5. The molecule has 37 heavy (non-hydrogen) atoms. The predicted octanol–water partition coefficient (Wildman–Crippen LogP) is 8.03. The third-order valence-corrected chi connectivity index (χ3v) is 7.90. The Morgan fingerprint density at radius 2 is 0.892 bits per heavy atom. The Balaban J connectivity index is 0.000000221. The summed E-state index contributed by atoms with van der Waals surface area (Å²) in [5.41, 5.74) is 16.2. The first-order valence-corrected chi connectivity index (χ1v) is 15.4. The predicted molar refractivity (Wildman–Crippen MR) is 155 cm³/mol. The quantitative estimate of drug-likeness (QED) is 0.220. The molecule has 208 valence electrons. The summed E-state index contributed by atoms with van der Waals surface area (Å²) in [5, 5.41) is 0. The second-order valence-corrected chi connectivity index (χ2v) is 11.7. The van der Waals surface area contributed by atoms with Gasteiger partial charge in [-0.25, -0.2) is 0 Å². The van der Waals surface area contributed by atoms with Crippen LogP contribution in [0, 0.1) is 11.8 Å². The van der Waals surface area contributed by atoms with E-state index < -0.39 is 10.4 Å². The van der Waals surface area contributed by atoms with E-state index in [0.29, 0.717) is 0 Å². The van der Waals surface area contributed by atoms with E-state index in [9.17, 15) is 0 Å². The maximum atomic E-state index is 8.74. The molecule has 0 bridgehead atoms. The Morgan fingerprint density at radius 1 is 0.622 bits per heavy atom. The molecule has 0 atom stereocenters. The molecule has 2 aromatic carbocycles. The molecule has 0 amide bonds. The summed E-state index contributed by atoms with van der Waals surface area (Å²) in [4.78, 5) is 0. The Bertz CT molecular complexity index is 902. The average Bonchev–Trinajstić information content (AvgIpc) is 2.86. The van der Waals surface area contributed by atoms with Gasteiger partial charge >= 0.3 is 10.4 Å². The van der Waals surface area contributed by atoms with Crippen LogP contribution >= 0.6 is 0 Å². The zero-order chi connectivity index (χ0) is 27.3. The second kappa shape index (κ2) is 16.0. The number of hydrogen-bond donors (Lipinski definition) is 4. The van der Waals surface area contributed by atoms with Crippen molar-refractivity contribution in [3.63, 3.8) is 0 Å². The van der Waals surface area contributed by atoms with Gasteiger partial charge in [-0.1, -0.05) is 63.8 Å². The van der Waals surface area contributed by atoms with E-state index in [1.54, 1.807) is 0 Å². The fraction of sp³-hybridized carbons (Fsp3) is 0.600. The second-order valence-electron chi connectivity index (χ2n) is 10.8. The fourth-order valence-corrected chi connectivity index (χ4v) is 5.92. The highest BCUT2D eigenvalue weighted by molar-refractivity contribution is 7.79. The SMILES string of the molecule is CCCC1CCC(c2ccc(N)cc2)CC1.CCCC1CCC(c2ccc(N)cc2)CC1.O=S(=O)(O)O. The highest BCUT2D eigenvalue weighted by Crippen LogP contribution is 2.38. The van der Waals surface area contributed by atoms with Crippen molar-refractivity contribution >= 4 is 21.8 Å². The van der Waals surface area contributed by atoms with Crippen molar-refractivity contribution in [3.05, 3.63) is 59.7 Å². The van der Waals surface area contributed by atoms with E-state index >= 15 is 0 Å². The first kappa shape index (κ1) is 31.1. The van der Waals surface area contributed by atoms with Crippen LogP contribution in [0.15, 0.2) is 48.5 Å². The van der Waals surface area contributed by atoms with Crippen LogP contribution in [0.25, 0.3) is 0 Å². The van der Waals surface area contributed by atoms with Gasteiger partial charge in [-0.3, -0.25) is 9.11 Å². The summed E-state index contributed by atoms with van der Waals surface area (Å²) in [7, 11) is -4.67. The summed E-state index contributed by atoms with van der Waals surface area (Å²) in [6, 6.07) is 17.0. The molecule has 2 saturated carbocycles. The van der Waals surface area contributed by atoms with Crippen LogP contribution in [0.2, 0.25) is 0 Å². The van der Waals surface area contributed by atoms with Gasteiger partial charge in [0.25, 0.3) is 0 Å². The first-order valence-electron chi connectivity index (χ1n) is 14.0. The van der Waals surface area contributed by atoms with Crippen molar-refractivity contribution in [1.82, 2.24) is 0 Å². The monoisotopic (exact) mass is 532 g/mol. The van der Waals surface area contributed by atoms with Gasteiger partial charge in [0.05, 0.1) is 0 Å². The van der Waals surface area contributed by atoms with Gasteiger partial charge < -0.3 is 11.5 Å². The highest BCUT2D eigenvalue weighted by Gasteiger charge is 2.22. The van der Waals surface area contributed by atoms with E-state index in [4.69, 9.17) is 29.0 Å². The van der Waals surface area contributed by atoms with Gasteiger partial charge in [-0.15, -0.1) is 0 Å². The average molecular weight is 533 g/mol. The van der Waals surface area contributed by atoms with Gasteiger partial charge in [0, 0.05) is 11.4 Å². The molecule has 0 spiro atoms. The lowest BCUT2D eigenvalue weighted by Crippen LogP contribution is -2.13. The molecule has 0 heterocycles. The van der Waals surface area contributed by atoms with Crippen LogP contribution in [0.4, 0.5) is 11.4 Å². The van der Waals surface area contributed by atoms with Crippen molar-refractivity contribution in [2.45, 2.75) is 103 Å². The van der Waals surface area contributed by atoms with Crippen molar-refractivity contribution in [2.24, 2.45) is 11.8 Å². The molecule has 6 N–H and O–H groups in total. The fourth-order valence-electron chi connectivity index (χ4n) is 5.92. The molecule has 2 fully saturated rings. The van der Waals surface area contributed by atoms with E-state index in [2.05, 4.69) is 38.1 Å². The zero-order valence-electron chi connectivity index (χ0n) is 22.7. The number of nitrogen functional groups attached to an aromatic ring is 2. The Morgan fingerprint density at radius 3 is 1.14 bits per heavy atom. The third kappa shape index (κ3) is 12.8. The summed E-state index contributed by atoms with van der Waals surface area (Å²) >= 11 is 0. The largest absolute Gasteiger partial charge is 0.399 e. The Labute approximate surface area is 224 Å². The standard InChI is InChI=1S/2C15H23N.H2O4S/c2*1-2-3-12-4-6-13(7-5-12)14-8-10-15(16)11-9-14;1-5(2,3)4/h2*8-13H,2-7,16H2,1H3;(H2,1,2,3,4). The molecule has 4 rings (SSSR count). The summed E-state index contributed by atoms with van der Waals surface area (Å²) < 4.78 is 31.6. The molecule has 0 aliphatic heterocycles. The molecule has 2 aliphatic carbocycles. The maximum Gasteiger partial charge on any atom is 0.394 e. The van der Waals surface area contributed by atoms with E-state index in [1.807, 2.05) is 24.3 Å². The molecule has 2 aliphatic rings. The number of anilines is 2. The molecular weight excluding hydrogens is 484 g/mol. The molecule has 0 saturated heterocycles. The first-order chi connectivity index (χ1) is 17.6. The smallest absolute Gasteiger partial charge is 0.394 e. The topological polar surface area (TPSA) is 127 Å². The van der Waals surface area contributed by atoms with Crippen LogP contribution < -0.4 is 11.5 Å². The molecule has 6 nitrogen and oxygen atoms in total. The van der Waals surface area contributed by atoms with Crippen molar-refractivity contribution in [1.29, 1.82) is 0 Å². The minimum absolute atomic E-state index is 0.786. The van der Waals surface area contributed by atoms with E-state index in [0.717, 1.165) is 35.0 Å².